The van der Waals surface area contributed by atoms with Gasteiger partial charge in [-0.25, -0.2) is 9.59 Å². The zero-order valence-corrected chi connectivity index (χ0v) is 20.9. The molecule has 0 bridgehead atoms. The Kier molecular flexibility index (Phi) is 12.2. The van der Waals surface area contributed by atoms with Gasteiger partial charge in [0.2, 0.25) is 11.8 Å². The second-order valence-electron chi connectivity index (χ2n) is 7.43. The molecule has 0 aromatic carbocycles. The third-order valence-electron chi connectivity index (χ3n) is 4.61. The van der Waals surface area contributed by atoms with Crippen LogP contribution in [0.15, 0.2) is 0 Å². The summed E-state index contributed by atoms with van der Waals surface area (Å²) in [5, 5.41) is 6.13. The summed E-state index contributed by atoms with van der Waals surface area (Å²) in [6.07, 6.45) is -0.825. The van der Waals surface area contributed by atoms with Gasteiger partial charge in [0.1, 0.15) is 0 Å². The second-order valence-corrected chi connectivity index (χ2v) is 10.1. The van der Waals surface area contributed by atoms with E-state index < -0.39 is 35.6 Å². The van der Waals surface area contributed by atoms with E-state index in [9.17, 15) is 38.4 Å². The van der Waals surface area contributed by atoms with Gasteiger partial charge in [-0.3, -0.25) is 28.8 Å². The fraction of sp³-hybridized carbons (Fsp3) is 0.600. The Hall–Kier alpha value is -3.14. The summed E-state index contributed by atoms with van der Waals surface area (Å²) in [5.74, 6) is -3.60. The number of hydrogen-bond acceptors (Lipinski definition) is 12. The molecular weight excluding hydrogens is 520 g/mol. The van der Waals surface area contributed by atoms with E-state index in [4.69, 9.17) is 0 Å². The summed E-state index contributed by atoms with van der Waals surface area (Å²) >= 11 is 0. The number of nitrogens with zero attached hydrogens (tertiary/aromatic N) is 2. The van der Waals surface area contributed by atoms with Crippen LogP contribution in [0.5, 0.6) is 0 Å². The monoisotopic (exact) mass is 546 g/mol. The molecule has 6 amide bonds. The van der Waals surface area contributed by atoms with Crippen LogP contribution < -0.4 is 10.6 Å². The average molecular weight is 547 g/mol. The molecule has 2 fully saturated rings. The first-order valence-corrected chi connectivity index (χ1v) is 13.6. The van der Waals surface area contributed by atoms with Gasteiger partial charge in [0.15, 0.2) is 0 Å². The Morgan fingerprint density at radius 2 is 0.944 bits per heavy atom. The molecule has 2 saturated heterocycles. The molecule has 0 atom stereocenters. The minimum absolute atomic E-state index is 0.00183. The molecule has 0 aromatic rings. The van der Waals surface area contributed by atoms with E-state index in [-0.39, 0.29) is 63.2 Å². The minimum atomic E-state index is -0.839. The molecule has 14 nitrogen and oxygen atoms in total. The minimum Gasteiger partial charge on any atom is -0.355 e. The molecule has 198 valence electrons. The summed E-state index contributed by atoms with van der Waals surface area (Å²) in [4.78, 5) is 102. The first-order valence-electron chi connectivity index (χ1n) is 11.1. The van der Waals surface area contributed by atoms with E-state index in [1.54, 1.807) is 0 Å². The van der Waals surface area contributed by atoms with Crippen LogP contribution in [0.1, 0.15) is 51.4 Å². The van der Waals surface area contributed by atoms with E-state index in [0.717, 1.165) is 0 Å². The van der Waals surface area contributed by atoms with Crippen molar-refractivity contribution < 1.29 is 48.0 Å². The number of rotatable bonds is 15. The lowest BCUT2D eigenvalue weighted by Gasteiger charge is -2.12. The van der Waals surface area contributed by atoms with Crippen LogP contribution in [0.25, 0.3) is 0 Å². The topological polar surface area (TPSA) is 186 Å². The van der Waals surface area contributed by atoms with Gasteiger partial charge >= 0.3 is 11.9 Å². The summed E-state index contributed by atoms with van der Waals surface area (Å²) in [6, 6.07) is 0. The predicted octanol–water partition coefficient (Wildman–Crippen LogP) is -0.625. The average Bonchev–Trinajstić information content (AvgIpc) is 3.33. The molecule has 2 aliphatic rings. The van der Waals surface area contributed by atoms with Crippen LogP contribution in [0, 0.1) is 0 Å². The van der Waals surface area contributed by atoms with Crippen LogP contribution in [-0.2, 0) is 48.0 Å². The molecule has 2 rings (SSSR count). The molecule has 0 unspecified atom stereocenters. The maximum atomic E-state index is 11.8. The highest BCUT2D eigenvalue weighted by Gasteiger charge is 2.33. The number of imide groups is 2. The third-order valence-corrected chi connectivity index (χ3v) is 7.02. The fourth-order valence-corrected chi connectivity index (χ4v) is 4.61. The molecule has 0 spiro atoms. The number of hydrogen-bond donors (Lipinski definition) is 2. The number of nitrogens with one attached hydrogen (secondary N) is 2. The molecule has 0 aromatic heterocycles. The predicted molar refractivity (Wildman–Crippen MR) is 124 cm³/mol. The largest absolute Gasteiger partial charge is 0.355 e. The molecule has 0 saturated carbocycles. The van der Waals surface area contributed by atoms with Gasteiger partial charge in [-0.05, 0) is 0 Å². The lowest BCUT2D eigenvalue weighted by atomic mass is 10.3. The quantitative estimate of drug-likeness (QED) is 0.151. The van der Waals surface area contributed by atoms with E-state index >= 15 is 0 Å². The SMILES string of the molecule is O=C(CCC(=O)ON1C(=O)CCC1=O)NCCSSCCNC(=O)CCC(=O)ON1C(=O)CCC1=O. The van der Waals surface area contributed by atoms with Gasteiger partial charge in [-0.1, -0.05) is 21.6 Å². The zero-order valence-electron chi connectivity index (χ0n) is 19.3. The Morgan fingerprint density at radius 1 is 0.611 bits per heavy atom. The Bertz CT molecular complexity index is 809. The van der Waals surface area contributed by atoms with Crippen LogP contribution in [0.2, 0.25) is 0 Å². The van der Waals surface area contributed by atoms with Crippen molar-refractivity contribution >= 4 is 69.0 Å². The molecular formula is C20H26N4O10S2. The third kappa shape index (κ3) is 10.2. The van der Waals surface area contributed by atoms with E-state index in [1.807, 2.05) is 0 Å². The standard InChI is InChI=1S/C20H26N4O10S2/c25-13(1-7-19(31)33-23-15(27)3-4-16(23)28)21-9-11-35-36-12-10-22-14(26)2-8-20(32)34-24-17(29)5-6-18(24)30/h1-12H2,(H,21,25)(H,22,26). The van der Waals surface area contributed by atoms with E-state index in [0.29, 0.717) is 34.7 Å². The molecule has 2 aliphatic heterocycles. The molecule has 2 N–H and O–H groups in total. The lowest BCUT2D eigenvalue weighted by molar-refractivity contribution is -0.197. The van der Waals surface area contributed by atoms with Crippen molar-refractivity contribution in [3.05, 3.63) is 0 Å². The maximum absolute atomic E-state index is 11.8. The highest BCUT2D eigenvalue weighted by atomic mass is 33.1. The van der Waals surface area contributed by atoms with Gasteiger partial charge in [0.05, 0.1) is 12.8 Å². The van der Waals surface area contributed by atoms with E-state index in [2.05, 4.69) is 20.3 Å². The van der Waals surface area contributed by atoms with Crippen molar-refractivity contribution in [3.63, 3.8) is 0 Å². The summed E-state index contributed by atoms with van der Waals surface area (Å²) in [5.41, 5.74) is 0. The number of carbonyl (C=O) groups excluding carboxylic acids is 8. The van der Waals surface area contributed by atoms with Gasteiger partial charge in [-0.15, -0.1) is 10.1 Å². The van der Waals surface area contributed by atoms with Crippen LogP contribution in [-0.4, -0.2) is 82.1 Å². The Balaban J connectivity index is 1.41. The Morgan fingerprint density at radius 3 is 1.28 bits per heavy atom. The molecule has 0 aliphatic carbocycles. The Labute approximate surface area is 213 Å². The van der Waals surface area contributed by atoms with Gasteiger partial charge in [0.25, 0.3) is 23.6 Å². The normalized spacial score (nSPS) is 15.3. The number of amides is 6. The second kappa shape index (κ2) is 15.1. The van der Waals surface area contributed by atoms with Crippen LogP contribution >= 0.6 is 21.6 Å². The van der Waals surface area contributed by atoms with Crippen molar-refractivity contribution in [1.82, 2.24) is 20.8 Å². The van der Waals surface area contributed by atoms with E-state index in [1.165, 1.54) is 21.6 Å². The first-order chi connectivity index (χ1) is 17.2. The highest BCUT2D eigenvalue weighted by molar-refractivity contribution is 8.76. The summed E-state index contributed by atoms with van der Waals surface area (Å²) < 4.78 is 0. The van der Waals surface area contributed by atoms with Crippen molar-refractivity contribution in [2.75, 3.05) is 24.6 Å². The van der Waals surface area contributed by atoms with Crippen molar-refractivity contribution in [3.8, 4) is 0 Å². The lowest BCUT2D eigenvalue weighted by Crippen LogP contribution is -2.33. The highest BCUT2D eigenvalue weighted by Crippen LogP contribution is 2.19. The van der Waals surface area contributed by atoms with Gasteiger partial charge in [-0.2, -0.15) is 0 Å². The smallest absolute Gasteiger partial charge is 0.333 e. The van der Waals surface area contributed by atoms with Crippen LogP contribution in [0.4, 0.5) is 0 Å². The van der Waals surface area contributed by atoms with Crippen LogP contribution in [0.3, 0.4) is 0 Å². The van der Waals surface area contributed by atoms with Crippen molar-refractivity contribution in [1.29, 1.82) is 0 Å². The van der Waals surface area contributed by atoms with Crippen molar-refractivity contribution in [2.45, 2.75) is 51.4 Å². The molecule has 16 heteroatoms. The van der Waals surface area contributed by atoms with Gasteiger partial charge < -0.3 is 20.3 Å². The van der Waals surface area contributed by atoms with Crippen molar-refractivity contribution in [2.24, 2.45) is 0 Å². The number of carbonyl (C=O) groups is 8. The summed E-state index contributed by atoms with van der Waals surface area (Å²) in [6.45, 7) is 0.705. The molecule has 36 heavy (non-hydrogen) atoms. The molecule has 2 heterocycles. The number of hydroxylamine groups is 4. The zero-order chi connectivity index (χ0) is 26.5. The summed E-state index contributed by atoms with van der Waals surface area (Å²) in [7, 11) is 2.93. The van der Waals surface area contributed by atoms with Gasteiger partial charge in [0, 0.05) is 63.1 Å². The maximum Gasteiger partial charge on any atom is 0.333 e. The fourth-order valence-electron chi connectivity index (χ4n) is 2.80. The molecule has 0 radical (unpaired) electrons. The first kappa shape index (κ1) is 29.1.